The van der Waals surface area contributed by atoms with E-state index in [1.165, 1.54) is 18.3 Å². The summed E-state index contributed by atoms with van der Waals surface area (Å²) < 4.78 is 15.0. The summed E-state index contributed by atoms with van der Waals surface area (Å²) in [6, 6.07) is 15.3. The van der Waals surface area contributed by atoms with Gasteiger partial charge in [-0.1, -0.05) is 45.9 Å². The molecule has 0 aliphatic carbocycles. The fourth-order valence-corrected chi connectivity index (χ4v) is 2.84. The van der Waals surface area contributed by atoms with Gasteiger partial charge in [-0.15, -0.1) is 0 Å². The van der Waals surface area contributed by atoms with Gasteiger partial charge in [0.25, 0.3) is 0 Å². The molecule has 5 nitrogen and oxygen atoms in total. The van der Waals surface area contributed by atoms with E-state index in [0.29, 0.717) is 5.56 Å². The molecule has 0 aliphatic heterocycles. The predicted molar refractivity (Wildman–Crippen MR) is 115 cm³/mol. The molecule has 0 saturated heterocycles. The Bertz CT molecular complexity index is 1090. The van der Waals surface area contributed by atoms with Crippen molar-refractivity contribution in [3.05, 3.63) is 89.1 Å². The summed E-state index contributed by atoms with van der Waals surface area (Å²) in [4.78, 5) is 14.6. The summed E-state index contributed by atoms with van der Waals surface area (Å²) >= 11 is 0. The van der Waals surface area contributed by atoms with E-state index in [0.717, 1.165) is 22.2 Å². The van der Waals surface area contributed by atoms with Crippen LogP contribution in [0.15, 0.2) is 73.2 Å². The molecule has 6 heteroatoms. The summed E-state index contributed by atoms with van der Waals surface area (Å²) in [5.41, 5.74) is 3.91. The van der Waals surface area contributed by atoms with Crippen LogP contribution in [0.2, 0.25) is 0 Å². The molecule has 0 aliphatic rings. The highest BCUT2D eigenvalue weighted by Gasteiger charge is 2.17. The summed E-state index contributed by atoms with van der Waals surface area (Å²) in [7, 11) is 0. The first-order valence-corrected chi connectivity index (χ1v) is 9.59. The van der Waals surface area contributed by atoms with E-state index in [2.05, 4.69) is 4.98 Å². The van der Waals surface area contributed by atoms with Gasteiger partial charge in [-0.2, -0.15) is 0 Å². The summed E-state index contributed by atoms with van der Waals surface area (Å²) in [6.07, 6.45) is 5.14. The number of nitro groups is 1. The minimum atomic E-state index is -0.485. The Hall–Kier alpha value is -3.54. The molecule has 1 aromatic carbocycles. The van der Waals surface area contributed by atoms with Crippen LogP contribution in [-0.2, 0) is 0 Å². The number of hydrogen-bond donors (Lipinski definition) is 0. The Morgan fingerprint density at radius 1 is 0.897 bits per heavy atom. The number of rotatable bonds is 3. The first kappa shape index (κ1) is 21.8. The monoisotopic (exact) mass is 393 g/mol. The minimum Gasteiger partial charge on any atom is -0.358 e. The van der Waals surface area contributed by atoms with Crippen molar-refractivity contribution >= 4 is 11.3 Å². The van der Waals surface area contributed by atoms with Crippen LogP contribution < -0.4 is 0 Å². The lowest BCUT2D eigenvalue weighted by Gasteiger charge is -2.03. The average Bonchev–Trinajstić information content (AvgIpc) is 3.20. The van der Waals surface area contributed by atoms with Crippen molar-refractivity contribution in [2.75, 3.05) is 0 Å². The van der Waals surface area contributed by atoms with Gasteiger partial charge in [-0.25, -0.2) is 4.39 Å². The fourth-order valence-electron chi connectivity index (χ4n) is 2.84. The van der Waals surface area contributed by atoms with Crippen molar-refractivity contribution in [1.29, 1.82) is 0 Å². The molecule has 0 radical (unpaired) electrons. The van der Waals surface area contributed by atoms with Crippen LogP contribution >= 0.6 is 0 Å². The lowest BCUT2D eigenvalue weighted by atomic mass is 10.1. The van der Waals surface area contributed by atoms with Gasteiger partial charge in [0.1, 0.15) is 12.0 Å². The zero-order chi connectivity index (χ0) is 21.4. The molecule has 150 valence electrons. The molecule has 0 atom stereocenters. The molecular weight excluding hydrogens is 369 g/mol. The highest BCUT2D eigenvalue weighted by molar-refractivity contribution is 5.76. The van der Waals surface area contributed by atoms with Crippen LogP contribution in [0.3, 0.4) is 0 Å². The minimum absolute atomic E-state index is 0.169. The van der Waals surface area contributed by atoms with Gasteiger partial charge in [0.15, 0.2) is 0 Å². The second kappa shape index (κ2) is 10.1. The molecule has 3 aromatic heterocycles. The van der Waals surface area contributed by atoms with Gasteiger partial charge >= 0.3 is 5.82 Å². The van der Waals surface area contributed by atoms with E-state index < -0.39 is 4.92 Å². The zero-order valence-corrected chi connectivity index (χ0v) is 17.0. The largest absolute Gasteiger partial charge is 0.371 e. The first-order chi connectivity index (χ1) is 14.1. The maximum Gasteiger partial charge on any atom is 0.371 e. The Balaban J connectivity index is 0.000000707. The molecule has 0 spiro atoms. The maximum atomic E-state index is 13.1. The molecule has 4 rings (SSSR count). The Kier molecular flexibility index (Phi) is 7.60. The number of pyridine rings is 2. The average molecular weight is 393 g/mol. The molecule has 0 saturated carbocycles. The van der Waals surface area contributed by atoms with Crippen LogP contribution in [0, 0.1) is 15.9 Å². The van der Waals surface area contributed by atoms with E-state index in [1.54, 1.807) is 24.3 Å². The normalized spacial score (nSPS) is 9.83. The quantitative estimate of drug-likeness (QED) is 0.285. The second-order valence-electron chi connectivity index (χ2n) is 5.62. The standard InChI is InChI=1S/C19H12FN3O2.2C2H6/c20-16-6-3-13(4-7-16)14-5-8-17-10-15(12-22(17)11-14)18-2-1-9-21-19(18)23(24)25;2*1-2/h1-12H;2*1-2H3. The van der Waals surface area contributed by atoms with E-state index in [-0.39, 0.29) is 11.6 Å². The highest BCUT2D eigenvalue weighted by Crippen LogP contribution is 2.30. The van der Waals surface area contributed by atoms with Crippen LogP contribution in [-0.4, -0.2) is 14.3 Å². The van der Waals surface area contributed by atoms with E-state index in [9.17, 15) is 14.5 Å². The number of benzene rings is 1. The van der Waals surface area contributed by atoms with Gasteiger partial charge in [0.05, 0.1) is 5.56 Å². The molecular formula is C23H24FN3O2. The van der Waals surface area contributed by atoms with E-state index in [1.807, 2.05) is 62.7 Å². The SMILES string of the molecule is CC.CC.O=[N+]([O-])c1ncccc1-c1cc2ccc(-c3ccc(F)cc3)cn2c1. The van der Waals surface area contributed by atoms with Gasteiger partial charge < -0.3 is 14.5 Å². The van der Waals surface area contributed by atoms with Crippen LogP contribution in [0.1, 0.15) is 27.7 Å². The summed E-state index contributed by atoms with van der Waals surface area (Å²) in [5.74, 6) is -0.450. The lowest BCUT2D eigenvalue weighted by Crippen LogP contribution is -1.94. The van der Waals surface area contributed by atoms with Crippen LogP contribution in [0.5, 0.6) is 0 Å². The third-order valence-electron chi connectivity index (χ3n) is 4.04. The van der Waals surface area contributed by atoms with Gasteiger partial charge in [-0.3, -0.25) is 0 Å². The topological polar surface area (TPSA) is 60.4 Å². The Morgan fingerprint density at radius 2 is 1.52 bits per heavy atom. The van der Waals surface area contributed by atoms with Crippen LogP contribution in [0.25, 0.3) is 27.8 Å². The van der Waals surface area contributed by atoms with E-state index in [4.69, 9.17) is 0 Å². The van der Waals surface area contributed by atoms with Crippen LogP contribution in [0.4, 0.5) is 10.2 Å². The van der Waals surface area contributed by atoms with Gasteiger partial charge in [0, 0.05) is 23.5 Å². The molecule has 0 bridgehead atoms. The van der Waals surface area contributed by atoms with Crippen molar-refractivity contribution in [2.24, 2.45) is 0 Å². The Labute approximate surface area is 169 Å². The third kappa shape index (κ3) is 4.85. The summed E-state index contributed by atoms with van der Waals surface area (Å²) in [6.45, 7) is 8.00. The third-order valence-corrected chi connectivity index (χ3v) is 4.04. The molecule has 4 aromatic rings. The number of fused-ring (bicyclic) bond motifs is 1. The van der Waals surface area contributed by atoms with Crippen molar-refractivity contribution in [3.8, 4) is 22.3 Å². The molecule has 0 N–H and O–H groups in total. The van der Waals surface area contributed by atoms with Crippen molar-refractivity contribution in [1.82, 2.24) is 9.38 Å². The second-order valence-corrected chi connectivity index (χ2v) is 5.62. The van der Waals surface area contributed by atoms with E-state index >= 15 is 0 Å². The zero-order valence-electron chi connectivity index (χ0n) is 17.0. The fraction of sp³-hybridized carbons (Fsp3) is 0.174. The molecule has 29 heavy (non-hydrogen) atoms. The molecule has 0 unspecified atom stereocenters. The molecule has 0 fully saturated rings. The number of aromatic nitrogens is 2. The highest BCUT2D eigenvalue weighted by atomic mass is 19.1. The maximum absolute atomic E-state index is 13.1. The predicted octanol–water partition coefficient (Wildman–Crippen LogP) is 6.77. The van der Waals surface area contributed by atoms with Gasteiger partial charge in [-0.05, 0) is 57.4 Å². The van der Waals surface area contributed by atoms with Gasteiger partial charge in [0.2, 0.25) is 0 Å². The Morgan fingerprint density at radius 3 is 2.17 bits per heavy atom. The molecule has 0 amide bonds. The smallest absolute Gasteiger partial charge is 0.358 e. The van der Waals surface area contributed by atoms with Crippen molar-refractivity contribution in [3.63, 3.8) is 0 Å². The van der Waals surface area contributed by atoms with Crippen molar-refractivity contribution in [2.45, 2.75) is 27.7 Å². The van der Waals surface area contributed by atoms with Crippen molar-refractivity contribution < 1.29 is 9.31 Å². The number of nitrogens with zero attached hydrogens (tertiary/aromatic N) is 3. The molecule has 3 heterocycles. The number of hydrogen-bond acceptors (Lipinski definition) is 3. The lowest BCUT2D eigenvalue weighted by molar-refractivity contribution is -0.388. The summed E-state index contributed by atoms with van der Waals surface area (Å²) in [5, 5.41) is 11.2. The first-order valence-electron chi connectivity index (χ1n) is 9.59. The number of halogens is 1.